The Bertz CT molecular complexity index is 320. The third kappa shape index (κ3) is 2.95. The van der Waals surface area contributed by atoms with Crippen LogP contribution in [0, 0.1) is 5.41 Å². The molecule has 0 aromatic rings. The monoisotopic (exact) mass is 265 g/mol. The molecule has 0 atom stereocenters. The Morgan fingerprint density at radius 3 is 2.11 bits per heavy atom. The van der Waals surface area contributed by atoms with Crippen molar-refractivity contribution in [2.45, 2.75) is 19.0 Å². The highest BCUT2D eigenvalue weighted by Gasteiger charge is 2.50. The van der Waals surface area contributed by atoms with E-state index in [0.29, 0.717) is 19.6 Å². The predicted molar refractivity (Wildman–Crippen MR) is 59.8 cm³/mol. The largest absolute Gasteiger partial charge is 0.401 e. The minimum absolute atomic E-state index is 0.0247. The van der Waals surface area contributed by atoms with Crippen LogP contribution >= 0.6 is 0 Å². The molecule has 2 rings (SSSR count). The number of hydrogen-bond acceptors (Lipinski definition) is 3. The molecular weight excluding hydrogens is 247 g/mol. The highest BCUT2D eigenvalue weighted by Crippen LogP contribution is 2.46. The molecule has 1 aliphatic carbocycles. The van der Waals surface area contributed by atoms with E-state index in [0.717, 1.165) is 12.8 Å². The van der Waals surface area contributed by atoms with Crippen LogP contribution in [0.5, 0.6) is 0 Å². The Kier molecular flexibility index (Phi) is 3.55. The van der Waals surface area contributed by atoms with E-state index in [9.17, 15) is 18.0 Å². The first-order chi connectivity index (χ1) is 8.36. The summed E-state index contributed by atoms with van der Waals surface area (Å²) < 4.78 is 36.6. The van der Waals surface area contributed by atoms with Crippen molar-refractivity contribution in [3.05, 3.63) is 0 Å². The first kappa shape index (κ1) is 13.6. The lowest BCUT2D eigenvalue weighted by atomic mass is 10.1. The zero-order valence-electron chi connectivity index (χ0n) is 10.2. The van der Waals surface area contributed by atoms with Gasteiger partial charge < -0.3 is 10.6 Å². The average molecular weight is 265 g/mol. The number of halogens is 3. The molecule has 0 bridgehead atoms. The standard InChI is InChI=1S/C11H18F3N3O/c12-11(13,14)8-16-3-5-17(6-4-16)9(18)10(7-15)1-2-10/h1-8,15H2. The highest BCUT2D eigenvalue weighted by molar-refractivity contribution is 5.85. The first-order valence-corrected chi connectivity index (χ1v) is 6.15. The molecule has 0 spiro atoms. The molecule has 0 radical (unpaired) electrons. The first-order valence-electron chi connectivity index (χ1n) is 6.15. The van der Waals surface area contributed by atoms with E-state index in [1.165, 1.54) is 4.90 Å². The van der Waals surface area contributed by atoms with Crippen molar-refractivity contribution >= 4 is 5.91 Å². The number of carbonyl (C=O) groups excluding carboxylic acids is 1. The molecule has 1 saturated heterocycles. The molecule has 0 aromatic heterocycles. The Morgan fingerprint density at radius 1 is 1.17 bits per heavy atom. The fraction of sp³-hybridized carbons (Fsp3) is 0.909. The number of hydrogen-bond donors (Lipinski definition) is 1. The van der Waals surface area contributed by atoms with E-state index in [2.05, 4.69) is 0 Å². The van der Waals surface area contributed by atoms with Crippen LogP contribution in [0.3, 0.4) is 0 Å². The van der Waals surface area contributed by atoms with Crippen molar-refractivity contribution in [2.75, 3.05) is 39.3 Å². The molecule has 1 aliphatic heterocycles. The molecule has 0 aromatic carbocycles. The summed E-state index contributed by atoms with van der Waals surface area (Å²) in [5, 5.41) is 0. The van der Waals surface area contributed by atoms with Crippen molar-refractivity contribution in [3.8, 4) is 0 Å². The SMILES string of the molecule is NCC1(C(=O)N2CCN(CC(F)(F)F)CC2)CC1. The second-order valence-electron chi connectivity index (χ2n) is 5.17. The number of nitrogens with two attached hydrogens (primary N) is 1. The van der Waals surface area contributed by atoms with Gasteiger partial charge in [-0.05, 0) is 12.8 Å². The lowest BCUT2D eigenvalue weighted by Gasteiger charge is -2.36. The minimum Gasteiger partial charge on any atom is -0.340 e. The quantitative estimate of drug-likeness (QED) is 0.805. The molecule has 1 amide bonds. The zero-order valence-corrected chi connectivity index (χ0v) is 10.2. The Labute approximate surface area is 104 Å². The van der Waals surface area contributed by atoms with E-state index < -0.39 is 18.1 Å². The highest BCUT2D eigenvalue weighted by atomic mass is 19.4. The minimum atomic E-state index is -4.17. The molecule has 7 heteroatoms. The molecule has 0 unspecified atom stereocenters. The van der Waals surface area contributed by atoms with Gasteiger partial charge in [-0.1, -0.05) is 0 Å². The van der Waals surface area contributed by atoms with Gasteiger partial charge in [-0.25, -0.2) is 0 Å². The predicted octanol–water partition coefficient (Wildman–Crippen LogP) is 0.432. The van der Waals surface area contributed by atoms with Gasteiger partial charge in [0.15, 0.2) is 0 Å². The number of rotatable bonds is 3. The van der Waals surface area contributed by atoms with Gasteiger partial charge in [-0.3, -0.25) is 9.69 Å². The van der Waals surface area contributed by atoms with Crippen molar-refractivity contribution in [2.24, 2.45) is 11.1 Å². The summed E-state index contributed by atoms with van der Waals surface area (Å²) in [5.74, 6) is 0.0247. The molecule has 1 saturated carbocycles. The summed E-state index contributed by atoms with van der Waals surface area (Å²) in [6.07, 6.45) is -2.54. The molecule has 18 heavy (non-hydrogen) atoms. The van der Waals surface area contributed by atoms with E-state index >= 15 is 0 Å². The maximum Gasteiger partial charge on any atom is 0.401 e. The number of alkyl halides is 3. The maximum absolute atomic E-state index is 12.2. The van der Waals surface area contributed by atoms with E-state index in [1.807, 2.05) is 0 Å². The molecule has 2 aliphatic rings. The van der Waals surface area contributed by atoms with Gasteiger partial charge in [0.1, 0.15) is 0 Å². The number of piperazine rings is 1. The van der Waals surface area contributed by atoms with Crippen LogP contribution in [0.2, 0.25) is 0 Å². The smallest absolute Gasteiger partial charge is 0.340 e. The zero-order chi connectivity index (χ0) is 13.4. The molecule has 4 nitrogen and oxygen atoms in total. The summed E-state index contributed by atoms with van der Waals surface area (Å²) in [6, 6.07) is 0. The van der Waals surface area contributed by atoms with E-state index in [-0.39, 0.29) is 19.0 Å². The summed E-state index contributed by atoms with van der Waals surface area (Å²) in [4.78, 5) is 15.1. The fourth-order valence-corrected chi connectivity index (χ4v) is 2.35. The Morgan fingerprint density at radius 2 is 1.72 bits per heavy atom. The summed E-state index contributed by atoms with van der Waals surface area (Å²) in [7, 11) is 0. The van der Waals surface area contributed by atoms with E-state index in [4.69, 9.17) is 5.73 Å². The lowest BCUT2D eigenvalue weighted by molar-refractivity contribution is -0.153. The Balaban J connectivity index is 1.82. The number of nitrogens with zero attached hydrogens (tertiary/aromatic N) is 2. The molecule has 2 fully saturated rings. The van der Waals surface area contributed by atoms with Crippen molar-refractivity contribution in [1.82, 2.24) is 9.80 Å². The van der Waals surface area contributed by atoms with Crippen LogP contribution in [0.1, 0.15) is 12.8 Å². The van der Waals surface area contributed by atoms with Crippen molar-refractivity contribution < 1.29 is 18.0 Å². The van der Waals surface area contributed by atoms with Gasteiger partial charge in [0, 0.05) is 32.7 Å². The summed E-state index contributed by atoms with van der Waals surface area (Å²) >= 11 is 0. The second-order valence-corrected chi connectivity index (χ2v) is 5.17. The number of amides is 1. The average Bonchev–Trinajstić information content (AvgIpc) is 3.08. The van der Waals surface area contributed by atoms with Crippen LogP contribution in [0.4, 0.5) is 13.2 Å². The van der Waals surface area contributed by atoms with Gasteiger partial charge >= 0.3 is 6.18 Å². The molecule has 1 heterocycles. The maximum atomic E-state index is 12.2. The van der Waals surface area contributed by atoms with Gasteiger partial charge in [0.2, 0.25) is 5.91 Å². The van der Waals surface area contributed by atoms with Gasteiger partial charge in [-0.2, -0.15) is 13.2 Å². The fourth-order valence-electron chi connectivity index (χ4n) is 2.35. The lowest BCUT2D eigenvalue weighted by Crippen LogP contribution is -2.53. The third-order valence-corrected chi connectivity index (χ3v) is 3.76. The normalized spacial score (nSPS) is 24.1. The van der Waals surface area contributed by atoms with Gasteiger partial charge in [-0.15, -0.1) is 0 Å². The Hall–Kier alpha value is -0.820. The van der Waals surface area contributed by atoms with E-state index in [1.54, 1.807) is 4.90 Å². The number of carbonyl (C=O) groups is 1. The second kappa shape index (κ2) is 4.70. The topological polar surface area (TPSA) is 49.6 Å². The van der Waals surface area contributed by atoms with Crippen LogP contribution in [-0.2, 0) is 4.79 Å². The van der Waals surface area contributed by atoms with Crippen molar-refractivity contribution in [3.63, 3.8) is 0 Å². The third-order valence-electron chi connectivity index (χ3n) is 3.76. The van der Waals surface area contributed by atoms with Crippen LogP contribution < -0.4 is 5.73 Å². The summed E-state index contributed by atoms with van der Waals surface area (Å²) in [6.45, 7) is 0.761. The summed E-state index contributed by atoms with van der Waals surface area (Å²) in [5.41, 5.74) is 5.18. The van der Waals surface area contributed by atoms with Crippen molar-refractivity contribution in [1.29, 1.82) is 0 Å². The van der Waals surface area contributed by atoms with Gasteiger partial charge in [0.05, 0.1) is 12.0 Å². The van der Waals surface area contributed by atoms with Gasteiger partial charge in [0.25, 0.3) is 0 Å². The van der Waals surface area contributed by atoms with Crippen LogP contribution in [-0.4, -0.2) is 61.2 Å². The molecule has 104 valence electrons. The van der Waals surface area contributed by atoms with Crippen LogP contribution in [0.15, 0.2) is 0 Å². The van der Waals surface area contributed by atoms with Crippen LogP contribution in [0.25, 0.3) is 0 Å². The molecular formula is C11H18F3N3O. The molecule has 2 N–H and O–H groups in total.